The van der Waals surface area contributed by atoms with Crippen molar-refractivity contribution >= 4 is 11.6 Å². The van der Waals surface area contributed by atoms with E-state index in [0.29, 0.717) is 44.6 Å². The Bertz CT molecular complexity index is 399. The van der Waals surface area contributed by atoms with Crippen molar-refractivity contribution < 1.29 is 13.9 Å². The second-order valence-electron chi connectivity index (χ2n) is 4.24. The van der Waals surface area contributed by atoms with Crippen molar-refractivity contribution in [3.05, 3.63) is 30.1 Å². The maximum atomic E-state index is 13.8. The third-order valence-electron chi connectivity index (χ3n) is 2.77. The Kier molecular flexibility index (Phi) is 7.07. The molecule has 1 amide bonds. The number of rotatable bonds is 8. The lowest BCUT2D eigenvalue weighted by Gasteiger charge is -2.23. The number of para-hydroxylation sites is 1. The fourth-order valence-corrected chi connectivity index (χ4v) is 1.80. The van der Waals surface area contributed by atoms with Crippen LogP contribution in [-0.2, 0) is 9.53 Å². The van der Waals surface area contributed by atoms with Gasteiger partial charge in [-0.05, 0) is 31.5 Å². The molecule has 0 spiro atoms. The van der Waals surface area contributed by atoms with Gasteiger partial charge >= 0.3 is 0 Å². The molecular formula is C14H21FN2O2. The summed E-state index contributed by atoms with van der Waals surface area (Å²) >= 11 is 0. The van der Waals surface area contributed by atoms with E-state index in [1.54, 1.807) is 25.3 Å². The first kappa shape index (κ1) is 15.6. The van der Waals surface area contributed by atoms with Crippen LogP contribution in [0.25, 0.3) is 0 Å². The first-order chi connectivity index (χ1) is 9.20. The molecule has 1 aromatic carbocycles. The number of nitrogens with two attached hydrogens (primary N) is 1. The molecule has 1 rings (SSSR count). The maximum absolute atomic E-state index is 13.8. The van der Waals surface area contributed by atoms with Gasteiger partial charge in [0.15, 0.2) is 0 Å². The predicted molar refractivity (Wildman–Crippen MR) is 73.5 cm³/mol. The van der Waals surface area contributed by atoms with Crippen LogP contribution in [0.3, 0.4) is 0 Å². The topological polar surface area (TPSA) is 55.6 Å². The largest absolute Gasteiger partial charge is 0.385 e. The minimum absolute atomic E-state index is 0.101. The van der Waals surface area contributed by atoms with E-state index < -0.39 is 0 Å². The summed E-state index contributed by atoms with van der Waals surface area (Å²) in [4.78, 5) is 13.6. The molecule has 0 aliphatic carbocycles. The van der Waals surface area contributed by atoms with Gasteiger partial charge in [-0.1, -0.05) is 12.1 Å². The summed E-state index contributed by atoms with van der Waals surface area (Å²) in [6.45, 7) is 1.42. The van der Waals surface area contributed by atoms with Crippen LogP contribution in [0.5, 0.6) is 0 Å². The van der Waals surface area contributed by atoms with E-state index in [-0.39, 0.29) is 11.7 Å². The van der Waals surface area contributed by atoms with Crippen LogP contribution in [0, 0.1) is 5.82 Å². The zero-order chi connectivity index (χ0) is 14.1. The lowest BCUT2D eigenvalue weighted by atomic mass is 10.2. The first-order valence-electron chi connectivity index (χ1n) is 6.44. The van der Waals surface area contributed by atoms with Gasteiger partial charge in [-0.25, -0.2) is 4.39 Å². The lowest BCUT2D eigenvalue weighted by Crippen LogP contribution is -2.33. The van der Waals surface area contributed by atoms with E-state index in [1.807, 2.05) is 0 Å². The smallest absolute Gasteiger partial charge is 0.227 e. The number of carbonyl (C=O) groups excluding carboxylic acids is 1. The van der Waals surface area contributed by atoms with Gasteiger partial charge in [0.05, 0.1) is 5.69 Å². The van der Waals surface area contributed by atoms with E-state index in [0.717, 1.165) is 0 Å². The van der Waals surface area contributed by atoms with Gasteiger partial charge in [0.1, 0.15) is 5.82 Å². The number of hydrogen-bond acceptors (Lipinski definition) is 3. The van der Waals surface area contributed by atoms with E-state index in [9.17, 15) is 9.18 Å². The molecule has 0 heterocycles. The van der Waals surface area contributed by atoms with Gasteiger partial charge in [-0.2, -0.15) is 0 Å². The zero-order valence-corrected chi connectivity index (χ0v) is 11.3. The van der Waals surface area contributed by atoms with Gasteiger partial charge in [0.2, 0.25) is 5.91 Å². The average Bonchev–Trinajstić information content (AvgIpc) is 2.41. The number of amides is 1. The normalized spacial score (nSPS) is 10.5. The van der Waals surface area contributed by atoms with Gasteiger partial charge in [0, 0.05) is 26.7 Å². The maximum Gasteiger partial charge on any atom is 0.227 e. The number of halogens is 1. The van der Waals surface area contributed by atoms with Crippen molar-refractivity contribution in [1.29, 1.82) is 0 Å². The fourth-order valence-electron chi connectivity index (χ4n) is 1.80. The minimum Gasteiger partial charge on any atom is -0.385 e. The first-order valence-corrected chi connectivity index (χ1v) is 6.44. The molecule has 0 radical (unpaired) electrons. The van der Waals surface area contributed by atoms with Crippen LogP contribution in [0.4, 0.5) is 10.1 Å². The van der Waals surface area contributed by atoms with Crippen LogP contribution >= 0.6 is 0 Å². The number of methoxy groups -OCH3 is 1. The molecule has 19 heavy (non-hydrogen) atoms. The highest BCUT2D eigenvalue weighted by Crippen LogP contribution is 2.20. The minimum atomic E-state index is -0.389. The number of ether oxygens (including phenoxy) is 1. The fraction of sp³-hybridized carbons (Fsp3) is 0.500. The Morgan fingerprint density at radius 3 is 2.74 bits per heavy atom. The lowest BCUT2D eigenvalue weighted by molar-refractivity contribution is -0.119. The molecule has 1 aromatic rings. The second kappa shape index (κ2) is 8.61. The summed E-state index contributed by atoms with van der Waals surface area (Å²) in [7, 11) is 1.59. The molecule has 0 fully saturated rings. The second-order valence-corrected chi connectivity index (χ2v) is 4.24. The Hall–Kier alpha value is -1.46. The highest BCUT2D eigenvalue weighted by atomic mass is 19.1. The van der Waals surface area contributed by atoms with E-state index in [4.69, 9.17) is 10.5 Å². The third kappa shape index (κ3) is 4.96. The number of carbonyl (C=O) groups is 1. The summed E-state index contributed by atoms with van der Waals surface area (Å²) in [5.74, 6) is -0.491. The summed E-state index contributed by atoms with van der Waals surface area (Å²) < 4.78 is 18.7. The molecule has 5 heteroatoms. The molecule has 0 atom stereocenters. The Morgan fingerprint density at radius 1 is 1.37 bits per heavy atom. The van der Waals surface area contributed by atoms with Crippen molar-refractivity contribution in [3.63, 3.8) is 0 Å². The van der Waals surface area contributed by atoms with Gasteiger partial charge in [0.25, 0.3) is 0 Å². The Morgan fingerprint density at radius 2 is 2.11 bits per heavy atom. The SMILES string of the molecule is COCCCC(=O)N(CCCN)c1ccccc1F. The summed E-state index contributed by atoms with van der Waals surface area (Å²) in [5, 5.41) is 0. The monoisotopic (exact) mass is 268 g/mol. The number of anilines is 1. The van der Waals surface area contributed by atoms with Crippen molar-refractivity contribution in [1.82, 2.24) is 0 Å². The molecule has 0 saturated heterocycles. The van der Waals surface area contributed by atoms with E-state index in [2.05, 4.69) is 0 Å². The van der Waals surface area contributed by atoms with Crippen LogP contribution in [-0.4, -0.2) is 32.7 Å². The highest BCUT2D eigenvalue weighted by molar-refractivity contribution is 5.93. The molecule has 2 N–H and O–H groups in total. The molecule has 0 aliphatic rings. The third-order valence-corrected chi connectivity index (χ3v) is 2.77. The average molecular weight is 268 g/mol. The quantitative estimate of drug-likeness (QED) is 0.733. The molecule has 0 saturated carbocycles. The Labute approximate surface area is 113 Å². The van der Waals surface area contributed by atoms with E-state index >= 15 is 0 Å². The summed E-state index contributed by atoms with van der Waals surface area (Å²) in [6, 6.07) is 6.29. The van der Waals surface area contributed by atoms with Crippen molar-refractivity contribution in [2.45, 2.75) is 19.3 Å². The van der Waals surface area contributed by atoms with Crippen molar-refractivity contribution in [2.24, 2.45) is 5.73 Å². The molecule has 0 aliphatic heterocycles. The molecule has 0 aromatic heterocycles. The molecule has 0 unspecified atom stereocenters. The summed E-state index contributed by atoms with van der Waals surface area (Å²) in [5.41, 5.74) is 5.78. The molecule has 0 bridgehead atoms. The standard InChI is InChI=1S/C14H21FN2O2/c1-19-11-4-8-14(18)17(10-5-9-16)13-7-3-2-6-12(13)15/h2-3,6-7H,4-5,8-11,16H2,1H3. The predicted octanol–water partition coefficient (Wildman–Crippen LogP) is 1.93. The van der Waals surface area contributed by atoms with Gasteiger partial charge in [-0.3, -0.25) is 4.79 Å². The van der Waals surface area contributed by atoms with E-state index in [1.165, 1.54) is 11.0 Å². The Balaban J connectivity index is 2.76. The van der Waals surface area contributed by atoms with Crippen LogP contribution in [0.1, 0.15) is 19.3 Å². The van der Waals surface area contributed by atoms with Gasteiger partial charge in [-0.15, -0.1) is 0 Å². The molecular weight excluding hydrogens is 247 g/mol. The van der Waals surface area contributed by atoms with Crippen molar-refractivity contribution in [2.75, 3.05) is 31.7 Å². The highest BCUT2D eigenvalue weighted by Gasteiger charge is 2.17. The van der Waals surface area contributed by atoms with Crippen LogP contribution < -0.4 is 10.6 Å². The summed E-state index contributed by atoms with van der Waals surface area (Å²) in [6.07, 6.45) is 1.61. The number of nitrogens with zero attached hydrogens (tertiary/aromatic N) is 1. The number of benzene rings is 1. The zero-order valence-electron chi connectivity index (χ0n) is 11.3. The molecule has 106 valence electrons. The van der Waals surface area contributed by atoms with Crippen LogP contribution in [0.2, 0.25) is 0 Å². The van der Waals surface area contributed by atoms with Gasteiger partial charge < -0.3 is 15.4 Å². The molecule has 4 nitrogen and oxygen atoms in total. The van der Waals surface area contributed by atoms with Crippen molar-refractivity contribution in [3.8, 4) is 0 Å². The number of hydrogen-bond donors (Lipinski definition) is 1. The van der Waals surface area contributed by atoms with Crippen LogP contribution in [0.15, 0.2) is 24.3 Å².